The van der Waals surface area contributed by atoms with Gasteiger partial charge in [-0.05, 0) is 43.9 Å². The fraction of sp³-hybridized carbons (Fsp3) is 0.462. The lowest BCUT2D eigenvalue weighted by molar-refractivity contribution is 0.410. The molecule has 0 bridgehead atoms. The Morgan fingerprint density at radius 3 is 2.76 bits per heavy atom. The van der Waals surface area contributed by atoms with E-state index < -0.39 is 0 Å². The van der Waals surface area contributed by atoms with Crippen LogP contribution in [0, 0.1) is 13.8 Å². The number of benzene rings is 1. The summed E-state index contributed by atoms with van der Waals surface area (Å²) < 4.78 is 1.30. The zero-order chi connectivity index (χ0) is 11.8. The zero-order valence-corrected chi connectivity index (χ0v) is 11.1. The average molecular weight is 247 g/mol. The molecule has 2 heterocycles. The van der Waals surface area contributed by atoms with Crippen molar-refractivity contribution in [2.45, 2.75) is 26.7 Å². The lowest BCUT2D eigenvalue weighted by Crippen LogP contribution is -2.25. The van der Waals surface area contributed by atoms with Crippen LogP contribution in [0.15, 0.2) is 12.1 Å². The molecular weight excluding hydrogens is 230 g/mol. The standard InChI is InChI=1S/C13H17N3S/c1-9-7-10(2)12-11(8-9)14-13(17-12)15-16-5-3-4-6-16/h7-8H,3-6H2,1-2H3,(H,14,15). The van der Waals surface area contributed by atoms with Crippen LogP contribution in [0.25, 0.3) is 10.2 Å². The van der Waals surface area contributed by atoms with Crippen molar-refractivity contribution in [3.63, 3.8) is 0 Å². The number of aryl methyl sites for hydroxylation is 2. The molecule has 0 atom stereocenters. The average Bonchev–Trinajstić information content (AvgIpc) is 2.87. The fourth-order valence-corrected chi connectivity index (χ4v) is 3.33. The molecule has 0 aliphatic carbocycles. The molecule has 1 fully saturated rings. The zero-order valence-electron chi connectivity index (χ0n) is 10.3. The van der Waals surface area contributed by atoms with E-state index in [1.807, 2.05) is 0 Å². The van der Waals surface area contributed by atoms with Gasteiger partial charge in [-0.15, -0.1) is 0 Å². The summed E-state index contributed by atoms with van der Waals surface area (Å²) in [5.74, 6) is 0. The summed E-state index contributed by atoms with van der Waals surface area (Å²) in [5, 5.41) is 3.29. The van der Waals surface area contributed by atoms with Crippen molar-refractivity contribution in [2.24, 2.45) is 0 Å². The van der Waals surface area contributed by atoms with Gasteiger partial charge in [0.1, 0.15) is 0 Å². The number of hydrazine groups is 1. The van der Waals surface area contributed by atoms with Crippen molar-refractivity contribution >= 4 is 26.7 Å². The maximum atomic E-state index is 4.66. The molecule has 90 valence electrons. The van der Waals surface area contributed by atoms with E-state index in [0.29, 0.717) is 0 Å². The van der Waals surface area contributed by atoms with E-state index in [9.17, 15) is 0 Å². The third-order valence-electron chi connectivity index (χ3n) is 3.18. The fourth-order valence-electron chi connectivity index (χ4n) is 2.39. The predicted octanol–water partition coefficient (Wildman–Crippen LogP) is 3.34. The van der Waals surface area contributed by atoms with Gasteiger partial charge in [-0.2, -0.15) is 0 Å². The molecule has 3 nitrogen and oxygen atoms in total. The number of aromatic nitrogens is 1. The Hall–Kier alpha value is -1.13. The van der Waals surface area contributed by atoms with Crippen LogP contribution in [-0.2, 0) is 0 Å². The number of anilines is 1. The first-order chi connectivity index (χ1) is 8.22. The van der Waals surface area contributed by atoms with Gasteiger partial charge in [-0.3, -0.25) is 5.43 Å². The second-order valence-electron chi connectivity index (χ2n) is 4.76. The lowest BCUT2D eigenvalue weighted by atomic mass is 10.1. The van der Waals surface area contributed by atoms with Crippen molar-refractivity contribution in [3.8, 4) is 0 Å². The normalized spacial score (nSPS) is 16.8. The van der Waals surface area contributed by atoms with E-state index in [-0.39, 0.29) is 0 Å². The van der Waals surface area contributed by atoms with Crippen LogP contribution < -0.4 is 5.43 Å². The first-order valence-corrected chi connectivity index (χ1v) is 6.93. The van der Waals surface area contributed by atoms with Gasteiger partial charge in [0.15, 0.2) is 5.13 Å². The third kappa shape index (κ3) is 2.15. The number of nitrogens with one attached hydrogen (secondary N) is 1. The Labute approximate surface area is 105 Å². The van der Waals surface area contributed by atoms with Crippen molar-refractivity contribution in [3.05, 3.63) is 23.3 Å². The molecule has 2 aromatic rings. The van der Waals surface area contributed by atoms with Crippen LogP contribution in [-0.4, -0.2) is 23.1 Å². The van der Waals surface area contributed by atoms with Gasteiger partial charge < -0.3 is 0 Å². The maximum absolute atomic E-state index is 4.66. The molecule has 1 aromatic carbocycles. The van der Waals surface area contributed by atoms with Gasteiger partial charge in [0.05, 0.1) is 10.2 Å². The van der Waals surface area contributed by atoms with Crippen molar-refractivity contribution in [1.82, 2.24) is 9.99 Å². The molecule has 0 saturated carbocycles. The van der Waals surface area contributed by atoms with Gasteiger partial charge in [0, 0.05) is 13.1 Å². The number of thiazole rings is 1. The van der Waals surface area contributed by atoms with Crippen LogP contribution in [0.3, 0.4) is 0 Å². The summed E-state index contributed by atoms with van der Waals surface area (Å²) in [6, 6.07) is 4.38. The smallest absolute Gasteiger partial charge is 0.198 e. The first-order valence-electron chi connectivity index (χ1n) is 6.12. The first kappa shape index (κ1) is 11.0. The van der Waals surface area contributed by atoms with Crippen LogP contribution in [0.5, 0.6) is 0 Å². The molecule has 0 amide bonds. The Morgan fingerprint density at radius 2 is 2.00 bits per heavy atom. The summed E-state index contributed by atoms with van der Waals surface area (Å²) in [6.45, 7) is 6.55. The van der Waals surface area contributed by atoms with Crippen LogP contribution in [0.1, 0.15) is 24.0 Å². The van der Waals surface area contributed by atoms with Gasteiger partial charge in [-0.1, -0.05) is 17.4 Å². The quantitative estimate of drug-likeness (QED) is 0.882. The molecule has 1 aliphatic heterocycles. The summed E-state index contributed by atoms with van der Waals surface area (Å²) in [4.78, 5) is 4.66. The molecule has 3 rings (SSSR count). The van der Waals surface area contributed by atoms with Gasteiger partial charge in [-0.25, -0.2) is 9.99 Å². The Bertz CT molecular complexity index is 541. The molecule has 4 heteroatoms. The molecule has 1 aliphatic rings. The summed E-state index contributed by atoms with van der Waals surface area (Å²) >= 11 is 1.76. The van der Waals surface area contributed by atoms with Crippen LogP contribution >= 0.6 is 11.3 Å². The van der Waals surface area contributed by atoms with Gasteiger partial charge >= 0.3 is 0 Å². The van der Waals surface area contributed by atoms with Crippen molar-refractivity contribution in [2.75, 3.05) is 18.5 Å². The molecule has 0 unspecified atom stereocenters. The lowest BCUT2D eigenvalue weighted by Gasteiger charge is -2.14. The van der Waals surface area contributed by atoms with E-state index in [1.54, 1.807) is 11.3 Å². The van der Waals surface area contributed by atoms with E-state index >= 15 is 0 Å². The molecule has 1 N–H and O–H groups in total. The third-order valence-corrected chi connectivity index (χ3v) is 4.29. The highest BCUT2D eigenvalue weighted by Gasteiger charge is 2.13. The molecular formula is C13H17N3S. The van der Waals surface area contributed by atoms with Crippen LogP contribution in [0.2, 0.25) is 0 Å². The summed E-state index contributed by atoms with van der Waals surface area (Å²) in [7, 11) is 0. The maximum Gasteiger partial charge on any atom is 0.198 e. The second kappa shape index (κ2) is 4.27. The summed E-state index contributed by atoms with van der Waals surface area (Å²) in [5.41, 5.74) is 7.15. The second-order valence-corrected chi connectivity index (χ2v) is 5.75. The Balaban J connectivity index is 1.93. The predicted molar refractivity (Wildman–Crippen MR) is 73.5 cm³/mol. The monoisotopic (exact) mass is 247 g/mol. The Kier molecular flexibility index (Phi) is 2.76. The largest absolute Gasteiger partial charge is 0.294 e. The number of hydrogen-bond acceptors (Lipinski definition) is 4. The molecule has 0 spiro atoms. The topological polar surface area (TPSA) is 28.2 Å². The van der Waals surface area contributed by atoms with Gasteiger partial charge in [0.25, 0.3) is 0 Å². The number of hydrogen-bond donors (Lipinski definition) is 1. The molecule has 0 radical (unpaired) electrons. The van der Waals surface area contributed by atoms with E-state index in [1.165, 1.54) is 28.7 Å². The van der Waals surface area contributed by atoms with E-state index in [2.05, 4.69) is 41.4 Å². The number of nitrogens with zero attached hydrogens (tertiary/aromatic N) is 2. The summed E-state index contributed by atoms with van der Waals surface area (Å²) in [6.07, 6.45) is 2.58. The minimum absolute atomic E-state index is 1.02. The highest BCUT2D eigenvalue weighted by Crippen LogP contribution is 2.30. The minimum Gasteiger partial charge on any atom is -0.294 e. The molecule has 17 heavy (non-hydrogen) atoms. The Morgan fingerprint density at radius 1 is 1.24 bits per heavy atom. The highest BCUT2D eigenvalue weighted by molar-refractivity contribution is 7.22. The van der Waals surface area contributed by atoms with Crippen molar-refractivity contribution < 1.29 is 0 Å². The van der Waals surface area contributed by atoms with E-state index in [0.717, 1.165) is 23.7 Å². The van der Waals surface area contributed by atoms with E-state index in [4.69, 9.17) is 0 Å². The SMILES string of the molecule is Cc1cc(C)c2sc(NN3CCCC3)nc2c1. The highest BCUT2D eigenvalue weighted by atomic mass is 32.1. The molecule has 1 saturated heterocycles. The van der Waals surface area contributed by atoms with Gasteiger partial charge in [0.2, 0.25) is 0 Å². The van der Waals surface area contributed by atoms with Crippen LogP contribution in [0.4, 0.5) is 5.13 Å². The molecule has 1 aromatic heterocycles. The number of rotatable bonds is 2. The van der Waals surface area contributed by atoms with Crippen molar-refractivity contribution in [1.29, 1.82) is 0 Å². The minimum atomic E-state index is 1.02. The number of fused-ring (bicyclic) bond motifs is 1.